The number of fused-ring (bicyclic) bond motifs is 3. The normalized spacial score (nSPS) is 31.4. The van der Waals surface area contributed by atoms with Crippen molar-refractivity contribution in [3.63, 3.8) is 0 Å². The number of nitrogens with one attached hydrogen (secondary N) is 2. The fourth-order valence-electron chi connectivity index (χ4n) is 4.92. The largest absolute Gasteiger partial charge is 0.380 e. The molecule has 20 heavy (non-hydrogen) atoms. The van der Waals surface area contributed by atoms with E-state index < -0.39 is 0 Å². The number of hydrogen-bond donors (Lipinski definition) is 2. The highest BCUT2D eigenvalue weighted by Crippen LogP contribution is 2.47. The molecule has 2 atom stereocenters. The van der Waals surface area contributed by atoms with Crippen LogP contribution in [0.4, 0.5) is 11.4 Å². The van der Waals surface area contributed by atoms with Crippen LogP contribution >= 0.6 is 0 Å². The minimum Gasteiger partial charge on any atom is -0.380 e. The summed E-state index contributed by atoms with van der Waals surface area (Å²) in [5.74, 6) is 0.809. The average molecular weight is 270 g/mol. The molecule has 2 saturated carbocycles. The van der Waals surface area contributed by atoms with E-state index in [0.29, 0.717) is 11.6 Å². The van der Waals surface area contributed by atoms with Crippen molar-refractivity contribution < 1.29 is 0 Å². The topological polar surface area (TPSA) is 24.1 Å². The molecule has 2 heteroatoms. The third kappa shape index (κ3) is 2.01. The molecule has 2 nitrogen and oxygen atoms in total. The molecule has 0 radical (unpaired) electrons. The van der Waals surface area contributed by atoms with Crippen molar-refractivity contribution in [2.24, 2.45) is 5.92 Å². The van der Waals surface area contributed by atoms with E-state index in [1.54, 1.807) is 0 Å². The van der Waals surface area contributed by atoms with Crippen LogP contribution in [-0.2, 0) is 0 Å². The number of para-hydroxylation sites is 2. The van der Waals surface area contributed by atoms with Gasteiger partial charge in [0, 0.05) is 17.5 Å². The molecule has 2 N–H and O–H groups in total. The van der Waals surface area contributed by atoms with Gasteiger partial charge in [-0.3, -0.25) is 0 Å². The van der Waals surface area contributed by atoms with Crippen LogP contribution in [0, 0.1) is 5.92 Å². The predicted molar refractivity (Wildman–Crippen MR) is 85.2 cm³/mol. The fourth-order valence-corrected chi connectivity index (χ4v) is 4.92. The number of hydrogen-bond acceptors (Lipinski definition) is 2. The standard InChI is InChI=1S/C18H26N2/c1-6-12-18(13-7-1)14-8-2-3-9-15(14)19-16-10-4-5-11-17(16)20-18/h4-5,10-11,14-15,19-20H,1-3,6-9,12-13H2/t14-,15+/m0/s1. The maximum atomic E-state index is 4.01. The third-order valence-corrected chi connectivity index (χ3v) is 5.87. The van der Waals surface area contributed by atoms with E-state index in [-0.39, 0.29) is 0 Å². The zero-order chi connectivity index (χ0) is 13.4. The molecule has 1 aliphatic heterocycles. The van der Waals surface area contributed by atoms with Crippen molar-refractivity contribution in [2.45, 2.75) is 69.4 Å². The van der Waals surface area contributed by atoms with Crippen LogP contribution in [0.25, 0.3) is 0 Å². The van der Waals surface area contributed by atoms with Gasteiger partial charge < -0.3 is 10.6 Å². The molecule has 1 aromatic rings. The number of anilines is 2. The molecular formula is C18H26N2. The molecule has 4 rings (SSSR count). The number of benzene rings is 1. The van der Waals surface area contributed by atoms with Crippen molar-refractivity contribution in [3.05, 3.63) is 24.3 Å². The summed E-state index contributed by atoms with van der Waals surface area (Å²) < 4.78 is 0. The summed E-state index contributed by atoms with van der Waals surface area (Å²) in [5, 5.41) is 7.88. The second kappa shape index (κ2) is 4.98. The van der Waals surface area contributed by atoms with Gasteiger partial charge in [-0.25, -0.2) is 0 Å². The first-order chi connectivity index (χ1) is 9.87. The maximum absolute atomic E-state index is 4.01. The van der Waals surface area contributed by atoms with Gasteiger partial charge in [0.05, 0.1) is 11.4 Å². The smallest absolute Gasteiger partial charge is 0.0580 e. The molecule has 1 spiro atoms. The first-order valence-corrected chi connectivity index (χ1v) is 8.51. The highest BCUT2D eigenvalue weighted by atomic mass is 15.1. The van der Waals surface area contributed by atoms with Gasteiger partial charge >= 0.3 is 0 Å². The Bertz CT molecular complexity index is 476. The lowest BCUT2D eigenvalue weighted by molar-refractivity contribution is 0.163. The molecule has 2 fully saturated rings. The van der Waals surface area contributed by atoms with E-state index in [0.717, 1.165) is 5.92 Å². The van der Waals surface area contributed by atoms with Crippen LogP contribution < -0.4 is 10.6 Å². The third-order valence-electron chi connectivity index (χ3n) is 5.87. The van der Waals surface area contributed by atoms with Gasteiger partial charge in [-0.15, -0.1) is 0 Å². The summed E-state index contributed by atoms with van der Waals surface area (Å²) in [5.41, 5.74) is 3.03. The highest BCUT2D eigenvalue weighted by Gasteiger charge is 2.46. The lowest BCUT2D eigenvalue weighted by atomic mass is 9.65. The molecule has 2 aliphatic carbocycles. The van der Waals surface area contributed by atoms with E-state index in [1.165, 1.54) is 69.2 Å². The van der Waals surface area contributed by atoms with E-state index in [4.69, 9.17) is 0 Å². The molecule has 3 aliphatic rings. The van der Waals surface area contributed by atoms with E-state index in [2.05, 4.69) is 34.9 Å². The monoisotopic (exact) mass is 270 g/mol. The predicted octanol–water partition coefficient (Wildman–Crippen LogP) is 4.79. The fraction of sp³-hybridized carbons (Fsp3) is 0.667. The average Bonchev–Trinajstić information content (AvgIpc) is 2.63. The minimum atomic E-state index is 0.364. The molecule has 1 aromatic carbocycles. The molecular weight excluding hydrogens is 244 g/mol. The van der Waals surface area contributed by atoms with E-state index >= 15 is 0 Å². The quantitative estimate of drug-likeness (QED) is 0.708. The van der Waals surface area contributed by atoms with Crippen LogP contribution in [-0.4, -0.2) is 11.6 Å². The van der Waals surface area contributed by atoms with Crippen LogP contribution in [0.5, 0.6) is 0 Å². The minimum absolute atomic E-state index is 0.364. The molecule has 0 unspecified atom stereocenters. The first-order valence-electron chi connectivity index (χ1n) is 8.51. The second-order valence-corrected chi connectivity index (χ2v) is 7.03. The summed E-state index contributed by atoms with van der Waals surface area (Å²) in [7, 11) is 0. The molecule has 0 amide bonds. The van der Waals surface area contributed by atoms with Crippen molar-refractivity contribution in [1.29, 1.82) is 0 Å². The van der Waals surface area contributed by atoms with Crippen molar-refractivity contribution >= 4 is 11.4 Å². The molecule has 108 valence electrons. The van der Waals surface area contributed by atoms with Crippen LogP contribution in [0.15, 0.2) is 24.3 Å². The van der Waals surface area contributed by atoms with E-state index in [1.807, 2.05) is 0 Å². The molecule has 0 aromatic heterocycles. The summed E-state index contributed by atoms with van der Waals surface area (Å²) in [6, 6.07) is 9.51. The lowest BCUT2D eigenvalue weighted by Gasteiger charge is -2.48. The van der Waals surface area contributed by atoms with Crippen LogP contribution in [0.3, 0.4) is 0 Å². The van der Waals surface area contributed by atoms with Crippen LogP contribution in [0.2, 0.25) is 0 Å². The molecule has 0 bridgehead atoms. The van der Waals surface area contributed by atoms with E-state index in [9.17, 15) is 0 Å². The molecule has 1 heterocycles. The number of rotatable bonds is 0. The van der Waals surface area contributed by atoms with Gasteiger partial charge in [-0.05, 0) is 37.8 Å². The SMILES string of the molecule is c1ccc2c(c1)N[C@@H]1CCCC[C@@H]1C1(CCCCC1)N2. The van der Waals surface area contributed by atoms with Crippen molar-refractivity contribution in [2.75, 3.05) is 10.6 Å². The summed E-state index contributed by atoms with van der Waals surface area (Å²) in [4.78, 5) is 0. The Hall–Kier alpha value is -1.18. The Balaban J connectivity index is 1.76. The Morgan fingerprint density at radius 3 is 2.45 bits per heavy atom. The highest BCUT2D eigenvalue weighted by molar-refractivity contribution is 5.71. The van der Waals surface area contributed by atoms with Gasteiger partial charge in [-0.1, -0.05) is 44.2 Å². The van der Waals surface area contributed by atoms with Gasteiger partial charge in [0.25, 0.3) is 0 Å². The van der Waals surface area contributed by atoms with Gasteiger partial charge in [0.15, 0.2) is 0 Å². The Morgan fingerprint density at radius 1 is 0.850 bits per heavy atom. The van der Waals surface area contributed by atoms with Gasteiger partial charge in [-0.2, -0.15) is 0 Å². The van der Waals surface area contributed by atoms with Crippen LogP contribution in [0.1, 0.15) is 57.8 Å². The zero-order valence-corrected chi connectivity index (χ0v) is 12.3. The van der Waals surface area contributed by atoms with Gasteiger partial charge in [0.1, 0.15) is 0 Å². The Morgan fingerprint density at radius 2 is 1.60 bits per heavy atom. The summed E-state index contributed by atoms with van der Waals surface area (Å²) in [6.07, 6.45) is 12.5. The van der Waals surface area contributed by atoms with Gasteiger partial charge in [0.2, 0.25) is 0 Å². The first kappa shape index (κ1) is 12.6. The van der Waals surface area contributed by atoms with Crippen molar-refractivity contribution in [3.8, 4) is 0 Å². The molecule has 0 saturated heterocycles. The summed E-state index contributed by atoms with van der Waals surface area (Å²) >= 11 is 0. The maximum Gasteiger partial charge on any atom is 0.0580 e. The Labute approximate surface area is 122 Å². The second-order valence-electron chi connectivity index (χ2n) is 7.03. The zero-order valence-electron chi connectivity index (χ0n) is 12.3. The summed E-state index contributed by atoms with van der Waals surface area (Å²) in [6.45, 7) is 0. The van der Waals surface area contributed by atoms with Crippen molar-refractivity contribution in [1.82, 2.24) is 0 Å². The Kier molecular flexibility index (Phi) is 3.13. The lowest BCUT2D eigenvalue weighted by Crippen LogP contribution is -2.52.